The average molecular weight is 291 g/mol. The first-order valence-corrected chi connectivity index (χ1v) is 7.00. The summed E-state index contributed by atoms with van der Waals surface area (Å²) in [7, 11) is 3.19. The fourth-order valence-electron chi connectivity index (χ4n) is 2.18. The van der Waals surface area contributed by atoms with E-state index in [-0.39, 0.29) is 0 Å². The number of rotatable bonds is 10. The first-order valence-electron chi connectivity index (χ1n) is 7.00. The predicted octanol–water partition coefficient (Wildman–Crippen LogP) is 2.80. The number of methoxy groups -OCH3 is 2. The molecule has 0 bridgehead atoms. The summed E-state index contributed by atoms with van der Waals surface area (Å²) in [6.07, 6.45) is 3.74. The number of hydrogen-bond donors (Lipinski definition) is 1. The van der Waals surface area contributed by atoms with Crippen LogP contribution >= 0.6 is 0 Å². The van der Waals surface area contributed by atoms with Gasteiger partial charge in [0.25, 0.3) is 0 Å². The molecule has 0 radical (unpaired) electrons. The summed E-state index contributed by atoms with van der Waals surface area (Å²) in [6, 6.07) is 5.45. The van der Waals surface area contributed by atoms with Crippen molar-refractivity contribution in [3.63, 3.8) is 0 Å². The normalized spacial score (nSPS) is 12.0. The van der Waals surface area contributed by atoms with Gasteiger partial charge in [0.15, 0.2) is 0 Å². The lowest BCUT2D eigenvalue weighted by molar-refractivity contribution is 0.145. The molecule has 0 aliphatic rings. The van der Waals surface area contributed by atoms with Crippen molar-refractivity contribution < 1.29 is 14.6 Å². The van der Waals surface area contributed by atoms with Gasteiger partial charge in [0.1, 0.15) is 11.5 Å². The minimum atomic E-state index is -0.581. The Kier molecular flexibility index (Phi) is 7.58. The van der Waals surface area contributed by atoms with Gasteiger partial charge in [0, 0.05) is 31.3 Å². The maximum atomic E-state index is 10.4. The van der Waals surface area contributed by atoms with Crippen LogP contribution in [0.3, 0.4) is 0 Å². The molecule has 0 aliphatic carbocycles. The molecule has 0 fully saturated rings. The minimum Gasteiger partial charge on any atom is -0.497 e. The molecule has 1 unspecified atom stereocenters. The number of hydrogen-bond acceptors (Lipinski definition) is 4. The molecule has 0 amide bonds. The molecule has 0 saturated heterocycles. The van der Waals surface area contributed by atoms with E-state index >= 15 is 0 Å². The van der Waals surface area contributed by atoms with Crippen molar-refractivity contribution in [3.05, 3.63) is 49.1 Å². The molecule has 1 atom stereocenters. The summed E-state index contributed by atoms with van der Waals surface area (Å²) in [5.41, 5.74) is 0.774. The number of aliphatic hydroxyl groups excluding tert-OH is 1. The van der Waals surface area contributed by atoms with Crippen molar-refractivity contribution in [1.82, 2.24) is 4.90 Å². The molecule has 4 heteroatoms. The Bertz CT molecular complexity index is 449. The van der Waals surface area contributed by atoms with Gasteiger partial charge in [-0.2, -0.15) is 0 Å². The van der Waals surface area contributed by atoms with Gasteiger partial charge in [-0.3, -0.25) is 4.90 Å². The highest BCUT2D eigenvalue weighted by molar-refractivity contribution is 5.41. The monoisotopic (exact) mass is 291 g/mol. The maximum Gasteiger partial charge on any atom is 0.128 e. The standard InChI is InChI=1S/C17H25NO3/c1-5-10-18(11-6-2)12-9-16(19)15-8-7-14(20-3)13-17(15)21-4/h5-8,13,16,19H,1-2,9-12H2,3-4H3. The van der Waals surface area contributed by atoms with Crippen LogP contribution in [-0.4, -0.2) is 43.9 Å². The molecule has 0 saturated carbocycles. The number of ether oxygens (including phenoxy) is 2. The Balaban J connectivity index is 2.71. The van der Waals surface area contributed by atoms with E-state index in [1.54, 1.807) is 20.3 Å². The molecule has 116 valence electrons. The Morgan fingerprint density at radius 3 is 2.38 bits per heavy atom. The Labute approximate surface area is 127 Å². The van der Waals surface area contributed by atoms with Crippen LogP contribution in [0.2, 0.25) is 0 Å². The second-order valence-corrected chi connectivity index (χ2v) is 4.75. The SMILES string of the molecule is C=CCN(CC=C)CCC(O)c1ccc(OC)cc1OC. The third-order valence-corrected chi connectivity index (χ3v) is 3.29. The maximum absolute atomic E-state index is 10.4. The quantitative estimate of drug-likeness (QED) is 0.673. The fraction of sp³-hybridized carbons (Fsp3) is 0.412. The van der Waals surface area contributed by atoms with Crippen LogP contribution in [-0.2, 0) is 0 Å². The van der Waals surface area contributed by atoms with Gasteiger partial charge in [-0.05, 0) is 18.6 Å². The lowest BCUT2D eigenvalue weighted by Gasteiger charge is -2.21. The smallest absolute Gasteiger partial charge is 0.128 e. The predicted molar refractivity (Wildman–Crippen MR) is 86.0 cm³/mol. The molecule has 1 aromatic rings. The molecular formula is C17H25NO3. The van der Waals surface area contributed by atoms with Crippen molar-refractivity contribution in [1.29, 1.82) is 0 Å². The highest BCUT2D eigenvalue weighted by Gasteiger charge is 2.15. The Morgan fingerprint density at radius 2 is 1.86 bits per heavy atom. The minimum absolute atomic E-state index is 0.581. The first kappa shape index (κ1) is 17.3. The van der Waals surface area contributed by atoms with E-state index in [4.69, 9.17) is 9.47 Å². The van der Waals surface area contributed by atoms with Crippen molar-refractivity contribution in [3.8, 4) is 11.5 Å². The zero-order valence-electron chi connectivity index (χ0n) is 12.9. The third kappa shape index (κ3) is 5.25. The van der Waals surface area contributed by atoms with E-state index in [1.807, 2.05) is 24.3 Å². The summed E-state index contributed by atoms with van der Waals surface area (Å²) in [6.45, 7) is 9.80. The summed E-state index contributed by atoms with van der Waals surface area (Å²) in [4.78, 5) is 2.17. The molecule has 1 N–H and O–H groups in total. The topological polar surface area (TPSA) is 41.9 Å². The molecular weight excluding hydrogens is 266 g/mol. The van der Waals surface area contributed by atoms with Gasteiger partial charge < -0.3 is 14.6 Å². The van der Waals surface area contributed by atoms with E-state index in [0.29, 0.717) is 17.9 Å². The van der Waals surface area contributed by atoms with Crippen molar-refractivity contribution in [2.45, 2.75) is 12.5 Å². The molecule has 0 spiro atoms. The lowest BCUT2D eigenvalue weighted by Crippen LogP contribution is -2.26. The molecule has 0 heterocycles. The van der Waals surface area contributed by atoms with Gasteiger partial charge in [-0.1, -0.05) is 12.2 Å². The summed E-state index contributed by atoms with van der Waals surface area (Å²) in [5, 5.41) is 10.4. The number of benzene rings is 1. The van der Waals surface area contributed by atoms with Crippen LogP contribution in [0, 0.1) is 0 Å². The second-order valence-electron chi connectivity index (χ2n) is 4.75. The van der Waals surface area contributed by atoms with Gasteiger partial charge in [-0.25, -0.2) is 0 Å². The summed E-state index contributed by atoms with van der Waals surface area (Å²) >= 11 is 0. The molecule has 1 rings (SSSR count). The van der Waals surface area contributed by atoms with Crippen LogP contribution in [0.1, 0.15) is 18.1 Å². The summed E-state index contributed by atoms with van der Waals surface area (Å²) < 4.78 is 10.5. The van der Waals surface area contributed by atoms with Crippen LogP contribution in [0.25, 0.3) is 0 Å². The zero-order valence-corrected chi connectivity index (χ0v) is 12.9. The average Bonchev–Trinajstić information content (AvgIpc) is 2.52. The highest BCUT2D eigenvalue weighted by Crippen LogP contribution is 2.31. The van der Waals surface area contributed by atoms with E-state index in [1.165, 1.54) is 0 Å². The largest absolute Gasteiger partial charge is 0.497 e. The van der Waals surface area contributed by atoms with Gasteiger partial charge in [0.05, 0.1) is 20.3 Å². The number of nitrogens with zero attached hydrogens (tertiary/aromatic N) is 1. The van der Waals surface area contributed by atoms with Crippen molar-refractivity contribution >= 4 is 0 Å². The van der Waals surface area contributed by atoms with Gasteiger partial charge in [0.2, 0.25) is 0 Å². The van der Waals surface area contributed by atoms with Crippen molar-refractivity contribution in [2.24, 2.45) is 0 Å². The van der Waals surface area contributed by atoms with Crippen LogP contribution in [0.5, 0.6) is 11.5 Å². The van der Waals surface area contributed by atoms with E-state index in [0.717, 1.165) is 25.2 Å². The molecule has 4 nitrogen and oxygen atoms in total. The lowest BCUT2D eigenvalue weighted by atomic mass is 10.0. The summed E-state index contributed by atoms with van der Waals surface area (Å²) in [5.74, 6) is 1.35. The first-order chi connectivity index (χ1) is 10.2. The molecule has 1 aromatic carbocycles. The second kappa shape index (κ2) is 9.21. The highest BCUT2D eigenvalue weighted by atomic mass is 16.5. The number of aliphatic hydroxyl groups is 1. The van der Waals surface area contributed by atoms with Crippen molar-refractivity contribution in [2.75, 3.05) is 33.9 Å². The van der Waals surface area contributed by atoms with Crippen LogP contribution < -0.4 is 9.47 Å². The Hall–Kier alpha value is -1.78. The zero-order chi connectivity index (χ0) is 15.7. The van der Waals surface area contributed by atoms with Gasteiger partial charge >= 0.3 is 0 Å². The molecule has 0 aliphatic heterocycles. The van der Waals surface area contributed by atoms with Gasteiger partial charge in [-0.15, -0.1) is 13.2 Å². The molecule has 21 heavy (non-hydrogen) atoms. The fourth-order valence-corrected chi connectivity index (χ4v) is 2.18. The van der Waals surface area contributed by atoms with E-state index in [2.05, 4.69) is 18.1 Å². The molecule has 0 aromatic heterocycles. The van der Waals surface area contributed by atoms with E-state index in [9.17, 15) is 5.11 Å². The Morgan fingerprint density at radius 1 is 1.19 bits per heavy atom. The third-order valence-electron chi connectivity index (χ3n) is 3.29. The van der Waals surface area contributed by atoms with Crippen LogP contribution in [0.4, 0.5) is 0 Å². The van der Waals surface area contributed by atoms with Crippen LogP contribution in [0.15, 0.2) is 43.5 Å². The van der Waals surface area contributed by atoms with E-state index < -0.39 is 6.10 Å².